The molecule has 0 unspecified atom stereocenters. The van der Waals surface area contributed by atoms with Gasteiger partial charge in [0.2, 0.25) is 0 Å². The molecule has 1 aromatic carbocycles. The van der Waals surface area contributed by atoms with Crippen molar-refractivity contribution in [1.82, 2.24) is 0 Å². The quantitative estimate of drug-likeness (QED) is 0.408. The molecule has 0 heterocycles. The highest BCUT2D eigenvalue weighted by molar-refractivity contribution is 5.66. The van der Waals surface area contributed by atoms with Crippen molar-refractivity contribution in [2.45, 2.75) is 39.4 Å². The summed E-state index contributed by atoms with van der Waals surface area (Å²) in [7, 11) is 1.57. The van der Waals surface area contributed by atoms with E-state index in [2.05, 4.69) is 0 Å². The Kier molecular flexibility index (Phi) is 11.1. The maximum atomic E-state index is 10.8. The van der Waals surface area contributed by atoms with Crippen LogP contribution >= 0.6 is 0 Å². The van der Waals surface area contributed by atoms with Gasteiger partial charge < -0.3 is 24.1 Å². The third kappa shape index (κ3) is 9.55. The maximum Gasteiger partial charge on any atom is 0.303 e. The van der Waals surface area contributed by atoms with Gasteiger partial charge in [0.05, 0.1) is 19.3 Å². The molecule has 3 atom stereocenters. The SMILES string of the molecule is COCO[C@@H]([C@@H](C)CCC(=O)O)[C@@H](C)COCOCc1ccccc1. The second kappa shape index (κ2) is 12.8. The number of aliphatic carboxylic acids is 1. The van der Waals surface area contributed by atoms with E-state index in [1.807, 2.05) is 44.2 Å². The standard InChI is InChI=1S/C19H30O6/c1-15(9-10-18(20)21)19(25-13-22-3)16(2)11-23-14-24-12-17-7-5-4-6-8-17/h4-8,15-16,19H,9-14H2,1-3H3,(H,20,21)/t15-,16-,19-/m0/s1. The number of carboxylic acid groups (broad SMARTS) is 1. The molecule has 1 rings (SSSR count). The Morgan fingerprint density at radius 2 is 1.80 bits per heavy atom. The van der Waals surface area contributed by atoms with Gasteiger partial charge in [0.15, 0.2) is 0 Å². The average molecular weight is 354 g/mol. The van der Waals surface area contributed by atoms with Gasteiger partial charge in [0.1, 0.15) is 13.6 Å². The van der Waals surface area contributed by atoms with Gasteiger partial charge >= 0.3 is 5.97 Å². The Morgan fingerprint density at radius 1 is 1.08 bits per heavy atom. The largest absolute Gasteiger partial charge is 0.481 e. The zero-order chi connectivity index (χ0) is 18.5. The number of benzene rings is 1. The van der Waals surface area contributed by atoms with E-state index in [0.717, 1.165) is 5.56 Å². The van der Waals surface area contributed by atoms with Gasteiger partial charge in [0, 0.05) is 19.4 Å². The maximum absolute atomic E-state index is 10.8. The zero-order valence-corrected chi connectivity index (χ0v) is 15.3. The number of carboxylic acids is 1. The van der Waals surface area contributed by atoms with E-state index in [4.69, 9.17) is 24.1 Å². The Balaban J connectivity index is 2.32. The fourth-order valence-corrected chi connectivity index (χ4v) is 2.67. The highest BCUT2D eigenvalue weighted by Crippen LogP contribution is 2.22. The molecular weight excluding hydrogens is 324 g/mol. The third-order valence-corrected chi connectivity index (χ3v) is 3.97. The molecule has 0 amide bonds. The van der Waals surface area contributed by atoms with Crippen LogP contribution in [0.4, 0.5) is 0 Å². The van der Waals surface area contributed by atoms with Crippen LogP contribution in [0.3, 0.4) is 0 Å². The zero-order valence-electron chi connectivity index (χ0n) is 15.3. The van der Waals surface area contributed by atoms with Gasteiger partial charge in [-0.1, -0.05) is 44.2 Å². The van der Waals surface area contributed by atoms with Gasteiger partial charge in [0.25, 0.3) is 0 Å². The van der Waals surface area contributed by atoms with Gasteiger partial charge in [-0.05, 0) is 17.9 Å². The van der Waals surface area contributed by atoms with Crippen LogP contribution in [0.25, 0.3) is 0 Å². The van der Waals surface area contributed by atoms with Crippen LogP contribution < -0.4 is 0 Å². The van der Waals surface area contributed by atoms with Crippen molar-refractivity contribution >= 4 is 5.97 Å². The number of ether oxygens (including phenoxy) is 4. The van der Waals surface area contributed by atoms with Crippen LogP contribution in [0.1, 0.15) is 32.3 Å². The average Bonchev–Trinajstić information content (AvgIpc) is 2.60. The molecule has 0 radical (unpaired) electrons. The second-order valence-corrected chi connectivity index (χ2v) is 6.25. The lowest BCUT2D eigenvalue weighted by Crippen LogP contribution is -2.33. The molecule has 0 aliphatic carbocycles. The smallest absolute Gasteiger partial charge is 0.303 e. The third-order valence-electron chi connectivity index (χ3n) is 3.97. The summed E-state index contributed by atoms with van der Waals surface area (Å²) in [5.74, 6) is -0.607. The Morgan fingerprint density at radius 3 is 2.44 bits per heavy atom. The van der Waals surface area contributed by atoms with E-state index >= 15 is 0 Å². The minimum Gasteiger partial charge on any atom is -0.481 e. The molecule has 0 saturated carbocycles. The molecule has 0 bridgehead atoms. The second-order valence-electron chi connectivity index (χ2n) is 6.25. The van der Waals surface area contributed by atoms with Gasteiger partial charge in [-0.15, -0.1) is 0 Å². The summed E-state index contributed by atoms with van der Waals surface area (Å²) in [6.07, 6.45) is 0.550. The molecule has 0 aliphatic heterocycles. The summed E-state index contributed by atoms with van der Waals surface area (Å²) in [6, 6.07) is 9.91. The van der Waals surface area contributed by atoms with E-state index in [-0.39, 0.29) is 37.9 Å². The normalized spacial score (nSPS) is 14.8. The van der Waals surface area contributed by atoms with Crippen LogP contribution in [-0.4, -0.2) is 44.5 Å². The van der Waals surface area contributed by atoms with Crippen LogP contribution in [-0.2, 0) is 30.3 Å². The molecule has 0 aliphatic rings. The number of methoxy groups -OCH3 is 1. The lowest BCUT2D eigenvalue weighted by molar-refractivity contribution is -0.140. The summed E-state index contributed by atoms with van der Waals surface area (Å²) >= 11 is 0. The predicted octanol–water partition coefficient (Wildman–Crippen LogP) is 3.30. The van der Waals surface area contributed by atoms with Crippen LogP contribution in [0.2, 0.25) is 0 Å². The first-order valence-corrected chi connectivity index (χ1v) is 8.56. The van der Waals surface area contributed by atoms with Crippen molar-refractivity contribution in [1.29, 1.82) is 0 Å². The summed E-state index contributed by atoms with van der Waals surface area (Å²) < 4.78 is 21.8. The topological polar surface area (TPSA) is 74.2 Å². The van der Waals surface area contributed by atoms with Crippen molar-refractivity contribution in [2.75, 3.05) is 27.3 Å². The monoisotopic (exact) mass is 354 g/mol. The van der Waals surface area contributed by atoms with Crippen LogP contribution in [0.15, 0.2) is 30.3 Å². The van der Waals surface area contributed by atoms with Gasteiger partial charge in [-0.3, -0.25) is 4.79 Å². The first kappa shape index (κ1) is 21.6. The molecule has 0 saturated heterocycles. The lowest BCUT2D eigenvalue weighted by Gasteiger charge is -2.29. The van der Waals surface area contributed by atoms with Gasteiger partial charge in [-0.2, -0.15) is 0 Å². The van der Waals surface area contributed by atoms with E-state index in [1.165, 1.54) is 0 Å². The molecule has 1 aromatic rings. The van der Waals surface area contributed by atoms with Crippen molar-refractivity contribution in [3.8, 4) is 0 Å². The molecule has 25 heavy (non-hydrogen) atoms. The van der Waals surface area contributed by atoms with Crippen molar-refractivity contribution in [3.63, 3.8) is 0 Å². The fraction of sp³-hybridized carbons (Fsp3) is 0.632. The number of carbonyl (C=O) groups is 1. The first-order chi connectivity index (χ1) is 12.0. The number of rotatable bonds is 14. The molecule has 0 aromatic heterocycles. The minimum absolute atomic E-state index is 0.0927. The predicted molar refractivity (Wildman–Crippen MR) is 94.0 cm³/mol. The Bertz CT molecular complexity index is 464. The molecule has 1 N–H and O–H groups in total. The lowest BCUT2D eigenvalue weighted by atomic mass is 9.90. The Labute approximate surface area is 150 Å². The van der Waals surface area contributed by atoms with Crippen LogP contribution in [0.5, 0.6) is 0 Å². The molecule has 6 nitrogen and oxygen atoms in total. The van der Waals surface area contributed by atoms with E-state index in [1.54, 1.807) is 7.11 Å². The highest BCUT2D eigenvalue weighted by atomic mass is 16.7. The van der Waals surface area contributed by atoms with E-state index < -0.39 is 5.97 Å². The fourth-order valence-electron chi connectivity index (χ4n) is 2.67. The van der Waals surface area contributed by atoms with Crippen molar-refractivity contribution < 1.29 is 28.8 Å². The Hall–Kier alpha value is -1.47. The van der Waals surface area contributed by atoms with Crippen LogP contribution in [0, 0.1) is 11.8 Å². The summed E-state index contributed by atoms with van der Waals surface area (Å²) in [5, 5.41) is 8.85. The van der Waals surface area contributed by atoms with Crippen molar-refractivity contribution in [2.24, 2.45) is 11.8 Å². The summed E-state index contributed by atoms with van der Waals surface area (Å²) in [6.45, 7) is 5.38. The molecule has 6 heteroatoms. The molecule has 142 valence electrons. The minimum atomic E-state index is -0.796. The molecule has 0 fully saturated rings. The van der Waals surface area contributed by atoms with E-state index in [9.17, 15) is 4.79 Å². The summed E-state index contributed by atoms with van der Waals surface area (Å²) in [4.78, 5) is 10.8. The summed E-state index contributed by atoms with van der Waals surface area (Å²) in [5.41, 5.74) is 1.10. The highest BCUT2D eigenvalue weighted by Gasteiger charge is 2.25. The molecule has 0 spiro atoms. The van der Waals surface area contributed by atoms with Gasteiger partial charge in [-0.25, -0.2) is 0 Å². The van der Waals surface area contributed by atoms with E-state index in [0.29, 0.717) is 19.6 Å². The first-order valence-electron chi connectivity index (χ1n) is 8.56. The number of hydrogen-bond donors (Lipinski definition) is 1. The molecular formula is C19H30O6. The number of hydrogen-bond acceptors (Lipinski definition) is 5. The van der Waals surface area contributed by atoms with Crippen molar-refractivity contribution in [3.05, 3.63) is 35.9 Å².